The molecule has 1 aromatic heterocycles. The highest BCUT2D eigenvalue weighted by Crippen LogP contribution is 2.07. The van der Waals surface area contributed by atoms with Gasteiger partial charge in [0, 0.05) is 12.1 Å². The molecule has 0 fully saturated rings. The van der Waals surface area contributed by atoms with Crippen molar-refractivity contribution in [3.05, 3.63) is 46.1 Å². The first-order valence-corrected chi connectivity index (χ1v) is 4.60. The molecule has 0 unspecified atom stereocenters. The third-order valence-corrected chi connectivity index (χ3v) is 2.33. The van der Waals surface area contributed by atoms with E-state index in [-0.39, 0.29) is 26.8 Å². The van der Waals surface area contributed by atoms with Gasteiger partial charge in [0.05, 0.1) is 0 Å². The quantitative estimate of drug-likeness (QED) is 0.407. The van der Waals surface area contributed by atoms with Gasteiger partial charge < -0.3 is 16.1 Å². The number of hydrogen-bond acceptors (Lipinski definition) is 4. The summed E-state index contributed by atoms with van der Waals surface area (Å²) in [6.07, 6.45) is 0.133. The van der Waals surface area contributed by atoms with Gasteiger partial charge in [-0.1, -0.05) is 12.1 Å². The van der Waals surface area contributed by atoms with E-state index in [0.29, 0.717) is 0 Å². The zero-order valence-electron chi connectivity index (χ0n) is 8.49. The Morgan fingerprint density at radius 1 is 1.18 bits per heavy atom. The molecule has 86 valence electrons. The fraction of sp³-hybridized carbons (Fsp3) is 0. The Kier molecular flexibility index (Phi) is 2.36. The summed E-state index contributed by atoms with van der Waals surface area (Å²) < 4.78 is 0.409. The predicted molar refractivity (Wildman–Crippen MR) is 55.8 cm³/mol. The molecule has 2 N–H and O–H groups in total. The molecular formula is C10H7N3O4. The maximum absolute atomic E-state index is 11.8. The Balaban J connectivity index is 3.04. The first kappa shape index (κ1) is 10.8. The van der Waals surface area contributed by atoms with Crippen LogP contribution in [0.15, 0.2) is 24.3 Å². The zero-order valence-corrected chi connectivity index (χ0v) is 8.49. The molecule has 2 aromatic rings. The maximum atomic E-state index is 11.8. The molecule has 1 aromatic carbocycles. The van der Waals surface area contributed by atoms with Crippen molar-refractivity contribution < 1.29 is 19.0 Å². The predicted octanol–water partition coefficient (Wildman–Crippen LogP) is -0.982. The molecule has 0 saturated heterocycles. The molecule has 1 amide bonds. The van der Waals surface area contributed by atoms with E-state index in [9.17, 15) is 20.0 Å². The molecule has 17 heavy (non-hydrogen) atoms. The summed E-state index contributed by atoms with van der Waals surface area (Å²) in [5.74, 6) is -1.13. The number of carbonyl (C=O) groups excluding carboxylic acids is 2. The normalized spacial score (nSPS) is 10.4. The Morgan fingerprint density at radius 3 is 2.18 bits per heavy atom. The number of para-hydroxylation sites is 2. The Hall–Kier alpha value is -2.70. The minimum absolute atomic E-state index is 0.00500. The van der Waals surface area contributed by atoms with Gasteiger partial charge in [-0.25, -0.2) is 0 Å². The summed E-state index contributed by atoms with van der Waals surface area (Å²) >= 11 is 0. The SMILES string of the molecule is NC(=O)c1c(C=O)[n+]([O-])c2ccccc2[n+]1[O-]. The third kappa shape index (κ3) is 1.44. The lowest BCUT2D eigenvalue weighted by Gasteiger charge is -2.08. The minimum Gasteiger partial charge on any atom is -0.617 e. The number of benzene rings is 1. The average Bonchev–Trinajstić information content (AvgIpc) is 2.33. The van der Waals surface area contributed by atoms with Crippen LogP contribution in [0.4, 0.5) is 0 Å². The number of aldehydes is 1. The van der Waals surface area contributed by atoms with Crippen molar-refractivity contribution in [1.82, 2.24) is 0 Å². The van der Waals surface area contributed by atoms with Crippen molar-refractivity contribution in [1.29, 1.82) is 0 Å². The second-order valence-corrected chi connectivity index (χ2v) is 3.29. The van der Waals surface area contributed by atoms with Crippen LogP contribution < -0.4 is 15.2 Å². The number of primary amides is 1. The van der Waals surface area contributed by atoms with Crippen molar-refractivity contribution in [3.8, 4) is 0 Å². The van der Waals surface area contributed by atoms with Gasteiger partial charge >= 0.3 is 17.3 Å². The van der Waals surface area contributed by atoms with E-state index in [1.807, 2.05) is 0 Å². The minimum atomic E-state index is -1.13. The molecule has 7 nitrogen and oxygen atoms in total. The summed E-state index contributed by atoms with van der Waals surface area (Å²) in [7, 11) is 0. The second kappa shape index (κ2) is 3.71. The average molecular weight is 233 g/mol. The van der Waals surface area contributed by atoms with Crippen LogP contribution in [-0.4, -0.2) is 12.2 Å². The van der Waals surface area contributed by atoms with Gasteiger partial charge in [0.15, 0.2) is 0 Å². The largest absolute Gasteiger partial charge is 0.617 e. The van der Waals surface area contributed by atoms with Gasteiger partial charge in [0.1, 0.15) is 0 Å². The molecule has 0 aliphatic rings. The van der Waals surface area contributed by atoms with Crippen LogP contribution in [0.2, 0.25) is 0 Å². The molecule has 0 aliphatic carbocycles. The number of nitrogens with zero attached hydrogens (tertiary/aromatic N) is 2. The van der Waals surface area contributed by atoms with Crippen molar-refractivity contribution >= 4 is 23.2 Å². The summed E-state index contributed by atoms with van der Waals surface area (Å²) in [6.45, 7) is 0. The molecule has 0 spiro atoms. The smallest absolute Gasteiger partial charge is 0.359 e. The van der Waals surface area contributed by atoms with Gasteiger partial charge in [-0.3, -0.25) is 9.59 Å². The Labute approximate surface area is 94.9 Å². The van der Waals surface area contributed by atoms with Crippen molar-refractivity contribution in [2.75, 3.05) is 0 Å². The van der Waals surface area contributed by atoms with E-state index in [0.717, 1.165) is 0 Å². The Bertz CT molecular complexity index is 639. The van der Waals surface area contributed by atoms with Gasteiger partial charge in [-0.05, 0) is 0 Å². The van der Waals surface area contributed by atoms with E-state index < -0.39 is 17.3 Å². The first-order chi connectivity index (χ1) is 8.07. The van der Waals surface area contributed by atoms with Crippen molar-refractivity contribution in [2.24, 2.45) is 5.73 Å². The lowest BCUT2D eigenvalue weighted by Crippen LogP contribution is -2.48. The summed E-state index contributed by atoms with van der Waals surface area (Å²) in [4.78, 5) is 21.9. The fourth-order valence-electron chi connectivity index (χ4n) is 1.59. The molecular weight excluding hydrogens is 226 g/mol. The van der Waals surface area contributed by atoms with Crippen LogP contribution in [0.25, 0.3) is 11.0 Å². The van der Waals surface area contributed by atoms with Crippen LogP contribution in [0, 0.1) is 10.4 Å². The third-order valence-electron chi connectivity index (χ3n) is 2.33. The van der Waals surface area contributed by atoms with Crippen LogP contribution in [0.3, 0.4) is 0 Å². The summed E-state index contributed by atoms with van der Waals surface area (Å²) in [6, 6.07) is 5.80. The standard InChI is InChI=1S/C10H7N3O4/c11-10(15)9-8(5-14)12(16)6-3-1-2-4-7(6)13(9)17/h1-5H,(H2,11,15). The molecule has 0 radical (unpaired) electrons. The Morgan fingerprint density at radius 2 is 1.71 bits per heavy atom. The number of hydrogen-bond donors (Lipinski definition) is 1. The molecule has 0 atom stereocenters. The number of carbonyl (C=O) groups is 2. The highest BCUT2D eigenvalue weighted by molar-refractivity contribution is 5.96. The van der Waals surface area contributed by atoms with Gasteiger partial charge in [0.2, 0.25) is 6.29 Å². The molecule has 0 saturated carbocycles. The maximum Gasteiger partial charge on any atom is 0.359 e. The first-order valence-electron chi connectivity index (χ1n) is 4.60. The van der Waals surface area contributed by atoms with Gasteiger partial charge in [0.25, 0.3) is 11.0 Å². The zero-order chi connectivity index (χ0) is 12.6. The molecule has 0 aliphatic heterocycles. The van der Waals surface area contributed by atoms with E-state index in [1.165, 1.54) is 24.3 Å². The molecule has 7 heteroatoms. The van der Waals surface area contributed by atoms with E-state index in [2.05, 4.69) is 0 Å². The van der Waals surface area contributed by atoms with Crippen LogP contribution in [-0.2, 0) is 0 Å². The number of amides is 1. The van der Waals surface area contributed by atoms with E-state index in [4.69, 9.17) is 5.73 Å². The van der Waals surface area contributed by atoms with Crippen molar-refractivity contribution in [2.45, 2.75) is 0 Å². The van der Waals surface area contributed by atoms with Crippen LogP contribution >= 0.6 is 0 Å². The van der Waals surface area contributed by atoms with Gasteiger partial charge in [-0.2, -0.15) is 4.73 Å². The molecule has 0 bridgehead atoms. The lowest BCUT2D eigenvalue weighted by molar-refractivity contribution is -0.631. The number of nitrogens with two attached hydrogens (primary N) is 1. The lowest BCUT2D eigenvalue weighted by atomic mass is 10.2. The van der Waals surface area contributed by atoms with Gasteiger partial charge in [-0.15, -0.1) is 4.73 Å². The highest BCUT2D eigenvalue weighted by Gasteiger charge is 2.31. The number of rotatable bonds is 2. The second-order valence-electron chi connectivity index (χ2n) is 3.29. The molecule has 1 heterocycles. The van der Waals surface area contributed by atoms with Crippen LogP contribution in [0.1, 0.15) is 21.0 Å². The van der Waals surface area contributed by atoms with Crippen molar-refractivity contribution in [3.63, 3.8) is 0 Å². The summed E-state index contributed by atoms with van der Waals surface area (Å²) in [5, 5.41) is 23.6. The summed E-state index contributed by atoms with van der Waals surface area (Å²) in [5.41, 5.74) is 3.70. The number of aromatic nitrogens is 2. The van der Waals surface area contributed by atoms with E-state index >= 15 is 0 Å². The van der Waals surface area contributed by atoms with Crippen LogP contribution in [0.5, 0.6) is 0 Å². The van der Waals surface area contributed by atoms with E-state index in [1.54, 1.807) is 0 Å². The topological polar surface area (TPSA) is 114 Å². The monoisotopic (exact) mass is 233 g/mol. The fourth-order valence-corrected chi connectivity index (χ4v) is 1.59. The highest BCUT2D eigenvalue weighted by atomic mass is 16.5. The molecule has 2 rings (SSSR count). The number of fused-ring (bicyclic) bond motifs is 1.